The van der Waals surface area contributed by atoms with Crippen molar-refractivity contribution in [2.45, 2.75) is 55.7 Å². The number of carboxylic acid groups (broad SMARTS) is 1. The lowest BCUT2D eigenvalue weighted by molar-refractivity contribution is -0.140. The molecule has 178 valence electrons. The van der Waals surface area contributed by atoms with Crippen molar-refractivity contribution >= 4 is 57.6 Å². The molecule has 8 heteroatoms. The van der Waals surface area contributed by atoms with Gasteiger partial charge in [-0.2, -0.15) is 0 Å². The normalized spacial score (nSPS) is 16.5. The lowest BCUT2D eigenvalue weighted by atomic mass is 9.97. The van der Waals surface area contributed by atoms with Crippen LogP contribution in [0, 0.1) is 0 Å². The van der Waals surface area contributed by atoms with E-state index in [1.54, 1.807) is 11.8 Å². The molecule has 0 aliphatic carbocycles. The Hall–Kier alpha value is -2.71. The van der Waals surface area contributed by atoms with Gasteiger partial charge in [-0.05, 0) is 66.9 Å². The lowest BCUT2D eigenvalue weighted by Crippen LogP contribution is -2.33. The molecular weight excluding hydrogens is 468 g/mol. The first-order valence-corrected chi connectivity index (χ1v) is 13.2. The molecule has 0 atom stereocenters. The average molecular weight is 497 g/mol. The molecule has 2 heterocycles. The summed E-state index contributed by atoms with van der Waals surface area (Å²) in [5.41, 5.74) is 4.06. The molecule has 1 fully saturated rings. The van der Waals surface area contributed by atoms with Crippen molar-refractivity contribution in [1.82, 2.24) is 4.90 Å². The van der Waals surface area contributed by atoms with Gasteiger partial charge in [-0.25, -0.2) is 0 Å². The summed E-state index contributed by atoms with van der Waals surface area (Å²) >= 11 is 2.56. The van der Waals surface area contributed by atoms with Crippen LogP contribution in [0.25, 0.3) is 5.57 Å². The molecule has 34 heavy (non-hydrogen) atoms. The third-order valence-corrected chi connectivity index (χ3v) is 8.12. The zero-order chi connectivity index (χ0) is 24.2. The SMILES string of the molecule is CCCCCC/C(=C1/SC(=O)N(CC(=O)O)C1=O)c1ccc2c(c1)Sc1ccccc1N2CC. The number of anilines is 2. The number of para-hydroxylation sites is 1. The van der Waals surface area contributed by atoms with Crippen LogP contribution in [-0.2, 0) is 9.59 Å². The summed E-state index contributed by atoms with van der Waals surface area (Å²) in [6, 6.07) is 14.5. The van der Waals surface area contributed by atoms with Crippen molar-refractivity contribution in [2.75, 3.05) is 18.0 Å². The van der Waals surface area contributed by atoms with E-state index in [1.807, 2.05) is 18.2 Å². The highest BCUT2D eigenvalue weighted by Crippen LogP contribution is 2.49. The number of hydrogen-bond donors (Lipinski definition) is 1. The zero-order valence-electron chi connectivity index (χ0n) is 19.4. The summed E-state index contributed by atoms with van der Waals surface area (Å²) in [6.45, 7) is 4.50. The number of imide groups is 1. The second-order valence-electron chi connectivity index (χ2n) is 8.27. The maximum Gasteiger partial charge on any atom is 0.323 e. The monoisotopic (exact) mass is 496 g/mol. The Kier molecular flexibility index (Phi) is 7.68. The Balaban J connectivity index is 1.74. The molecule has 4 rings (SSSR count). The van der Waals surface area contributed by atoms with Crippen LogP contribution in [0.2, 0.25) is 0 Å². The number of carbonyl (C=O) groups excluding carboxylic acids is 2. The molecular formula is C26H28N2O4S2. The van der Waals surface area contributed by atoms with Crippen molar-refractivity contribution in [3.63, 3.8) is 0 Å². The number of unbranched alkanes of at least 4 members (excludes halogenated alkanes) is 3. The quantitative estimate of drug-likeness (QED) is 0.303. The van der Waals surface area contributed by atoms with E-state index in [2.05, 4.69) is 43.0 Å². The number of carboxylic acids is 1. The maximum atomic E-state index is 13.1. The molecule has 2 aromatic carbocycles. The summed E-state index contributed by atoms with van der Waals surface area (Å²) in [4.78, 5) is 42.4. The van der Waals surface area contributed by atoms with Gasteiger partial charge in [-0.15, -0.1) is 0 Å². The molecule has 1 saturated heterocycles. The van der Waals surface area contributed by atoms with Crippen molar-refractivity contribution in [3.05, 3.63) is 52.9 Å². The first-order valence-electron chi connectivity index (χ1n) is 11.6. The van der Waals surface area contributed by atoms with E-state index in [0.717, 1.165) is 70.6 Å². The molecule has 2 aromatic rings. The summed E-state index contributed by atoms with van der Waals surface area (Å²) in [5.74, 6) is -1.70. The van der Waals surface area contributed by atoms with Crippen LogP contribution in [0.5, 0.6) is 0 Å². The number of aliphatic carboxylic acids is 1. The smallest absolute Gasteiger partial charge is 0.323 e. The van der Waals surface area contributed by atoms with E-state index in [1.165, 1.54) is 10.6 Å². The van der Waals surface area contributed by atoms with Gasteiger partial charge in [0.15, 0.2) is 0 Å². The predicted molar refractivity (Wildman–Crippen MR) is 138 cm³/mol. The molecule has 2 aliphatic rings. The average Bonchev–Trinajstić information content (AvgIpc) is 3.10. The van der Waals surface area contributed by atoms with Crippen LogP contribution in [0.4, 0.5) is 16.2 Å². The highest BCUT2D eigenvalue weighted by molar-refractivity contribution is 8.18. The van der Waals surface area contributed by atoms with E-state index in [4.69, 9.17) is 5.11 Å². The highest BCUT2D eigenvalue weighted by Gasteiger charge is 2.38. The Bertz CT molecular complexity index is 1160. The number of nitrogens with zero attached hydrogens (tertiary/aromatic N) is 2. The first-order chi connectivity index (χ1) is 16.4. The van der Waals surface area contributed by atoms with Crippen LogP contribution in [-0.4, -0.2) is 40.2 Å². The number of hydrogen-bond acceptors (Lipinski definition) is 6. The van der Waals surface area contributed by atoms with Gasteiger partial charge >= 0.3 is 5.97 Å². The van der Waals surface area contributed by atoms with Crippen molar-refractivity contribution in [2.24, 2.45) is 0 Å². The number of carbonyl (C=O) groups is 3. The number of thioether (sulfide) groups is 1. The molecule has 0 radical (unpaired) electrons. The Morgan fingerprint density at radius 3 is 2.41 bits per heavy atom. The summed E-state index contributed by atoms with van der Waals surface area (Å²) in [5, 5.41) is 8.61. The molecule has 2 amide bonds. The fraction of sp³-hybridized carbons (Fsp3) is 0.346. The third kappa shape index (κ3) is 4.88. The van der Waals surface area contributed by atoms with Gasteiger partial charge in [0.05, 0.1) is 16.3 Å². The second-order valence-corrected chi connectivity index (χ2v) is 10.3. The van der Waals surface area contributed by atoms with Gasteiger partial charge in [0.2, 0.25) is 0 Å². The molecule has 0 aromatic heterocycles. The molecule has 0 spiro atoms. The van der Waals surface area contributed by atoms with Gasteiger partial charge in [0.1, 0.15) is 6.54 Å². The van der Waals surface area contributed by atoms with Gasteiger partial charge in [0, 0.05) is 16.3 Å². The molecule has 2 aliphatic heterocycles. The van der Waals surface area contributed by atoms with E-state index in [-0.39, 0.29) is 0 Å². The molecule has 0 bridgehead atoms. The van der Waals surface area contributed by atoms with Crippen LogP contribution < -0.4 is 4.90 Å². The van der Waals surface area contributed by atoms with E-state index in [9.17, 15) is 14.4 Å². The number of allylic oxidation sites excluding steroid dienone is 1. The third-order valence-electron chi connectivity index (χ3n) is 5.99. The van der Waals surface area contributed by atoms with Gasteiger partial charge in [-0.3, -0.25) is 19.3 Å². The maximum absolute atomic E-state index is 13.1. The number of amides is 2. The van der Waals surface area contributed by atoms with E-state index >= 15 is 0 Å². The van der Waals surface area contributed by atoms with Crippen LogP contribution >= 0.6 is 23.5 Å². The first kappa shape index (κ1) is 24.4. The zero-order valence-corrected chi connectivity index (χ0v) is 21.0. The number of benzene rings is 2. The Morgan fingerprint density at radius 2 is 1.68 bits per heavy atom. The Labute approximate surface area is 208 Å². The minimum Gasteiger partial charge on any atom is -0.480 e. The van der Waals surface area contributed by atoms with E-state index in [0.29, 0.717) is 11.3 Å². The standard InChI is InChI=1S/C26H28N2O4S2/c1-3-5-6-7-10-18(24-25(31)28(16-23(29)30)26(32)34-24)17-13-14-20-22(15-17)33-21-12-9-8-11-19(21)27(20)4-2/h8-9,11-15H,3-7,10,16H2,1-2H3,(H,29,30)/b24-18-. The van der Waals surface area contributed by atoms with Gasteiger partial charge < -0.3 is 10.0 Å². The minimum absolute atomic E-state index is 0.358. The van der Waals surface area contributed by atoms with Crippen LogP contribution in [0.3, 0.4) is 0 Å². The summed E-state index contributed by atoms with van der Waals surface area (Å²) < 4.78 is 0. The van der Waals surface area contributed by atoms with Crippen LogP contribution in [0.1, 0.15) is 51.5 Å². The predicted octanol–water partition coefficient (Wildman–Crippen LogP) is 6.77. The van der Waals surface area contributed by atoms with Gasteiger partial charge in [-0.1, -0.05) is 56.1 Å². The van der Waals surface area contributed by atoms with Crippen molar-refractivity contribution in [1.29, 1.82) is 0 Å². The lowest BCUT2D eigenvalue weighted by Gasteiger charge is -2.32. The molecule has 0 saturated carbocycles. The minimum atomic E-state index is -1.20. The molecule has 1 N–H and O–H groups in total. The topological polar surface area (TPSA) is 77.9 Å². The van der Waals surface area contributed by atoms with E-state index < -0.39 is 23.7 Å². The molecule has 6 nitrogen and oxygen atoms in total. The molecule has 0 unspecified atom stereocenters. The highest BCUT2D eigenvalue weighted by atomic mass is 32.2. The van der Waals surface area contributed by atoms with Crippen molar-refractivity contribution in [3.8, 4) is 0 Å². The fourth-order valence-corrected chi connectivity index (χ4v) is 6.44. The second kappa shape index (κ2) is 10.7. The largest absolute Gasteiger partial charge is 0.480 e. The number of rotatable bonds is 9. The summed E-state index contributed by atoms with van der Waals surface area (Å²) in [6.07, 6.45) is 4.82. The van der Waals surface area contributed by atoms with Crippen LogP contribution in [0.15, 0.2) is 57.2 Å². The van der Waals surface area contributed by atoms with Gasteiger partial charge in [0.25, 0.3) is 11.1 Å². The Morgan fingerprint density at radius 1 is 0.912 bits per heavy atom. The summed E-state index contributed by atoms with van der Waals surface area (Å²) in [7, 11) is 0. The number of fused-ring (bicyclic) bond motifs is 2. The fourth-order valence-electron chi connectivity index (χ4n) is 4.33. The van der Waals surface area contributed by atoms with Crippen molar-refractivity contribution < 1.29 is 19.5 Å².